The van der Waals surface area contributed by atoms with Crippen LogP contribution >= 0.6 is 11.3 Å². The van der Waals surface area contributed by atoms with E-state index in [1.165, 1.54) is 11.3 Å². The molecule has 2 aliphatic rings. The van der Waals surface area contributed by atoms with Gasteiger partial charge >= 0.3 is 0 Å². The Bertz CT molecular complexity index is 1430. The normalized spacial score (nSPS) is 18.0. The molecular formula is C27H29N9O2S. The van der Waals surface area contributed by atoms with Crippen molar-refractivity contribution in [1.82, 2.24) is 30.0 Å². The Morgan fingerprint density at radius 1 is 1.05 bits per heavy atom. The molecule has 2 aliphatic heterocycles. The van der Waals surface area contributed by atoms with E-state index >= 15 is 0 Å². The van der Waals surface area contributed by atoms with Crippen LogP contribution in [0.4, 0.5) is 16.8 Å². The van der Waals surface area contributed by atoms with Gasteiger partial charge in [0.15, 0.2) is 11.3 Å². The number of hydrogen-bond acceptors (Lipinski definition) is 12. The fraction of sp³-hybridized carbons (Fsp3) is 0.370. The van der Waals surface area contributed by atoms with Crippen LogP contribution in [-0.4, -0.2) is 75.4 Å². The average Bonchev–Trinajstić information content (AvgIpc) is 3.64. The van der Waals surface area contributed by atoms with Crippen molar-refractivity contribution in [1.29, 1.82) is 5.26 Å². The fourth-order valence-corrected chi connectivity index (χ4v) is 5.53. The molecule has 1 unspecified atom stereocenters. The second-order valence-corrected chi connectivity index (χ2v) is 10.6. The highest BCUT2D eigenvalue weighted by molar-refractivity contribution is 7.18. The lowest BCUT2D eigenvalue weighted by Crippen LogP contribution is -2.39. The van der Waals surface area contributed by atoms with E-state index in [0.29, 0.717) is 29.3 Å². The highest BCUT2D eigenvalue weighted by Gasteiger charge is 2.20. The van der Waals surface area contributed by atoms with Gasteiger partial charge in [0.2, 0.25) is 5.89 Å². The molecule has 2 fully saturated rings. The van der Waals surface area contributed by atoms with E-state index in [4.69, 9.17) is 14.1 Å². The molecule has 0 bridgehead atoms. The number of nitrogens with one attached hydrogen (secondary N) is 2. The van der Waals surface area contributed by atoms with E-state index in [2.05, 4.69) is 49.0 Å². The van der Waals surface area contributed by atoms with Crippen LogP contribution in [0.5, 0.6) is 0 Å². The third-order valence-electron chi connectivity index (χ3n) is 6.71. The van der Waals surface area contributed by atoms with Crippen LogP contribution in [0.2, 0.25) is 0 Å². The molecule has 6 rings (SSSR count). The van der Waals surface area contributed by atoms with E-state index < -0.39 is 0 Å². The zero-order chi connectivity index (χ0) is 26.4. The van der Waals surface area contributed by atoms with Crippen LogP contribution < -0.4 is 10.6 Å². The molecule has 2 saturated heterocycles. The quantitative estimate of drug-likeness (QED) is 0.310. The van der Waals surface area contributed by atoms with Crippen LogP contribution in [-0.2, 0) is 11.3 Å². The van der Waals surface area contributed by atoms with E-state index in [9.17, 15) is 5.26 Å². The predicted octanol–water partition coefficient (Wildman–Crippen LogP) is 4.19. The van der Waals surface area contributed by atoms with Crippen molar-refractivity contribution in [2.24, 2.45) is 0 Å². The maximum Gasteiger partial charge on any atom is 0.259 e. The van der Waals surface area contributed by atoms with Gasteiger partial charge < -0.3 is 24.7 Å². The number of pyridine rings is 1. The number of rotatable bonds is 8. The first kappa shape index (κ1) is 25.2. The molecule has 1 atom stereocenters. The fourth-order valence-electron chi connectivity index (χ4n) is 4.79. The van der Waals surface area contributed by atoms with E-state index in [-0.39, 0.29) is 6.04 Å². The summed E-state index contributed by atoms with van der Waals surface area (Å²) in [6, 6.07) is 14.0. The number of morpholine rings is 1. The highest BCUT2D eigenvalue weighted by Crippen LogP contribution is 2.32. The molecule has 0 amide bonds. The van der Waals surface area contributed by atoms with E-state index in [0.717, 1.165) is 74.1 Å². The lowest BCUT2D eigenvalue weighted by molar-refractivity contribution is 0.0342. The van der Waals surface area contributed by atoms with Gasteiger partial charge in [-0.15, -0.1) is 10.2 Å². The zero-order valence-electron chi connectivity index (χ0n) is 21.4. The van der Waals surface area contributed by atoms with E-state index in [1.807, 2.05) is 30.3 Å². The lowest BCUT2D eigenvalue weighted by atomic mass is 10.1. The molecule has 200 valence electrons. The van der Waals surface area contributed by atoms with E-state index in [1.54, 1.807) is 11.1 Å². The number of nitrogens with zero attached hydrogens (tertiary/aromatic N) is 7. The number of likely N-dealkylation sites (tertiary alicyclic amines) is 1. The summed E-state index contributed by atoms with van der Waals surface area (Å²) in [5.41, 5.74) is 2.02. The molecule has 4 aromatic rings. The predicted molar refractivity (Wildman–Crippen MR) is 148 cm³/mol. The highest BCUT2D eigenvalue weighted by atomic mass is 32.1. The topological polar surface area (TPSA) is 128 Å². The molecule has 0 saturated carbocycles. The van der Waals surface area contributed by atoms with Crippen LogP contribution in [0, 0.1) is 11.5 Å². The number of thiazole rings is 1. The summed E-state index contributed by atoms with van der Waals surface area (Å²) in [6.07, 6.45) is 5.98. The Hall–Kier alpha value is -4.05. The standard InChI is InChI=1S/C27H29N9O2S/c28-18-36-8-4-7-21(17-36)30-23-13-19(16-35-9-11-37-12-10-35)14-24(31-23)32-27-29-15-22(39-27)26-34-33-25(38-26)20-5-2-1-3-6-20/h1-3,5-6,13-15,21H,4,7-12,16-17H2,(H2,29,30,31,32). The molecule has 12 heteroatoms. The summed E-state index contributed by atoms with van der Waals surface area (Å²) >= 11 is 1.43. The first-order valence-electron chi connectivity index (χ1n) is 13.1. The number of benzene rings is 1. The van der Waals surface area contributed by atoms with Gasteiger partial charge in [-0.3, -0.25) is 4.90 Å². The monoisotopic (exact) mass is 543 g/mol. The summed E-state index contributed by atoms with van der Waals surface area (Å²) in [5.74, 6) is 2.39. The largest absolute Gasteiger partial charge is 0.415 e. The van der Waals surface area contributed by atoms with Gasteiger partial charge in [-0.2, -0.15) is 5.26 Å². The third kappa shape index (κ3) is 6.34. The Balaban J connectivity index is 1.20. The smallest absolute Gasteiger partial charge is 0.259 e. The second kappa shape index (κ2) is 11.8. The minimum Gasteiger partial charge on any atom is -0.415 e. The van der Waals surface area contributed by atoms with Crippen LogP contribution in [0.15, 0.2) is 53.1 Å². The number of piperidine rings is 1. The van der Waals surface area contributed by atoms with Crippen molar-refractivity contribution in [2.75, 3.05) is 50.0 Å². The Labute approximate surface area is 230 Å². The summed E-state index contributed by atoms with van der Waals surface area (Å²) in [7, 11) is 0. The molecule has 0 aliphatic carbocycles. The zero-order valence-corrected chi connectivity index (χ0v) is 22.2. The maximum absolute atomic E-state index is 9.34. The lowest BCUT2D eigenvalue weighted by Gasteiger charge is -2.30. The minimum atomic E-state index is 0.167. The van der Waals surface area contributed by atoms with Crippen molar-refractivity contribution in [2.45, 2.75) is 25.4 Å². The number of nitriles is 1. The maximum atomic E-state index is 9.34. The minimum absolute atomic E-state index is 0.167. The summed E-state index contributed by atoms with van der Waals surface area (Å²) in [6.45, 7) is 5.59. The first-order valence-corrected chi connectivity index (χ1v) is 13.9. The van der Waals surface area contributed by atoms with Gasteiger partial charge in [-0.1, -0.05) is 29.5 Å². The van der Waals surface area contributed by atoms with Crippen molar-refractivity contribution >= 4 is 28.1 Å². The molecule has 11 nitrogen and oxygen atoms in total. The van der Waals surface area contributed by atoms with Gasteiger partial charge in [0.25, 0.3) is 5.89 Å². The Kier molecular flexibility index (Phi) is 7.62. The molecular weight excluding hydrogens is 514 g/mol. The van der Waals surface area contributed by atoms with Crippen molar-refractivity contribution in [3.8, 4) is 28.4 Å². The van der Waals surface area contributed by atoms with Gasteiger partial charge in [-0.05, 0) is 42.7 Å². The Morgan fingerprint density at radius 2 is 1.87 bits per heavy atom. The van der Waals surface area contributed by atoms with Crippen molar-refractivity contribution in [3.05, 3.63) is 54.2 Å². The van der Waals surface area contributed by atoms with Gasteiger partial charge in [0, 0.05) is 44.3 Å². The molecule has 1 aromatic carbocycles. The third-order valence-corrected chi connectivity index (χ3v) is 7.61. The van der Waals surface area contributed by atoms with Gasteiger partial charge in [0.1, 0.15) is 16.5 Å². The van der Waals surface area contributed by atoms with Crippen LogP contribution in [0.25, 0.3) is 22.2 Å². The van der Waals surface area contributed by atoms with Crippen LogP contribution in [0.1, 0.15) is 18.4 Å². The summed E-state index contributed by atoms with van der Waals surface area (Å²) in [4.78, 5) is 14.3. The van der Waals surface area contributed by atoms with Crippen molar-refractivity contribution in [3.63, 3.8) is 0 Å². The average molecular weight is 544 g/mol. The second-order valence-electron chi connectivity index (χ2n) is 9.60. The number of aromatic nitrogens is 4. The SMILES string of the molecule is N#CN1CCCC(Nc2cc(CN3CCOCC3)cc(Nc3ncc(-c4nnc(-c5ccccc5)o4)s3)n2)C1. The molecule has 0 spiro atoms. The molecule has 2 N–H and O–H groups in total. The summed E-state index contributed by atoms with van der Waals surface area (Å²) in [5, 5.41) is 25.3. The first-order chi connectivity index (χ1) is 19.2. The molecule has 0 radical (unpaired) electrons. The number of hydrogen-bond donors (Lipinski definition) is 2. The summed E-state index contributed by atoms with van der Waals surface area (Å²) < 4.78 is 11.4. The Morgan fingerprint density at radius 3 is 2.72 bits per heavy atom. The van der Waals surface area contributed by atoms with Crippen LogP contribution in [0.3, 0.4) is 0 Å². The molecule has 5 heterocycles. The number of anilines is 3. The van der Waals surface area contributed by atoms with Gasteiger partial charge in [-0.25, -0.2) is 9.97 Å². The molecule has 39 heavy (non-hydrogen) atoms. The van der Waals surface area contributed by atoms with Crippen molar-refractivity contribution < 1.29 is 9.15 Å². The molecule has 3 aromatic heterocycles. The van der Waals surface area contributed by atoms with Gasteiger partial charge in [0.05, 0.1) is 19.4 Å². The number of ether oxygens (including phenoxy) is 1.